The van der Waals surface area contributed by atoms with Gasteiger partial charge in [0, 0.05) is 31.8 Å². The summed E-state index contributed by atoms with van der Waals surface area (Å²) in [6.07, 6.45) is 4.68. The van der Waals surface area contributed by atoms with Gasteiger partial charge in [-0.1, -0.05) is 12.8 Å². The summed E-state index contributed by atoms with van der Waals surface area (Å²) in [5.74, 6) is 0. The van der Waals surface area contributed by atoms with E-state index in [1.54, 1.807) is 0 Å². The fraction of sp³-hybridized carbons (Fsp3) is 1.00. The topological polar surface area (TPSA) is 35.5 Å². The third-order valence-corrected chi connectivity index (χ3v) is 3.02. The van der Waals surface area contributed by atoms with Gasteiger partial charge in [-0.05, 0) is 33.2 Å². The van der Waals surface area contributed by atoms with Crippen molar-refractivity contribution in [2.24, 2.45) is 0 Å². The van der Waals surface area contributed by atoms with Gasteiger partial charge in [-0.15, -0.1) is 0 Å². The van der Waals surface area contributed by atoms with Crippen molar-refractivity contribution < 1.29 is 5.11 Å². The zero-order chi connectivity index (χ0) is 11.1. The summed E-state index contributed by atoms with van der Waals surface area (Å²) in [4.78, 5) is 2.56. The van der Waals surface area contributed by atoms with Crippen LogP contribution in [0, 0.1) is 0 Å². The molecule has 0 radical (unpaired) electrons. The van der Waals surface area contributed by atoms with E-state index in [-0.39, 0.29) is 0 Å². The van der Waals surface area contributed by atoms with E-state index in [0.717, 1.165) is 6.42 Å². The number of aliphatic hydroxyl groups is 1. The smallest absolute Gasteiger partial charge is 0.0431 e. The average Bonchev–Trinajstić information content (AvgIpc) is 2.16. The van der Waals surface area contributed by atoms with Crippen molar-refractivity contribution in [2.45, 2.75) is 51.6 Å². The Balaban J connectivity index is 2.04. The second kappa shape index (κ2) is 7.20. The first-order chi connectivity index (χ1) is 7.22. The molecule has 2 unspecified atom stereocenters. The van der Waals surface area contributed by atoms with Crippen LogP contribution in [0.15, 0.2) is 0 Å². The molecule has 0 aliphatic carbocycles. The van der Waals surface area contributed by atoms with Gasteiger partial charge in [0.1, 0.15) is 0 Å². The third-order valence-electron chi connectivity index (χ3n) is 3.02. The zero-order valence-corrected chi connectivity index (χ0v) is 10.2. The molecule has 0 aromatic rings. The Bertz CT molecular complexity index is 154. The number of unbranched alkanes of at least 4 members (excludes halogenated alkanes) is 3. The maximum absolute atomic E-state index is 8.67. The summed E-state index contributed by atoms with van der Waals surface area (Å²) in [5.41, 5.74) is 0. The van der Waals surface area contributed by atoms with Crippen LogP contribution in [0.1, 0.15) is 39.5 Å². The van der Waals surface area contributed by atoms with Crippen molar-refractivity contribution in [1.29, 1.82) is 0 Å². The summed E-state index contributed by atoms with van der Waals surface area (Å²) >= 11 is 0. The van der Waals surface area contributed by atoms with E-state index in [1.165, 1.54) is 38.9 Å². The standard InChI is InChI=1S/C12H26N2O/c1-11-9-14(10-12(2)13-11)7-5-3-4-6-8-15/h11-13,15H,3-10H2,1-2H3. The van der Waals surface area contributed by atoms with Crippen LogP contribution >= 0.6 is 0 Å². The second-order valence-corrected chi connectivity index (χ2v) is 4.87. The number of rotatable bonds is 6. The first-order valence-corrected chi connectivity index (χ1v) is 6.31. The molecule has 1 rings (SSSR count). The predicted octanol–water partition coefficient (Wildman–Crippen LogP) is 1.22. The molecule has 1 aliphatic rings. The lowest BCUT2D eigenvalue weighted by molar-refractivity contribution is 0.170. The van der Waals surface area contributed by atoms with Crippen molar-refractivity contribution in [3.63, 3.8) is 0 Å². The molecule has 3 heteroatoms. The zero-order valence-electron chi connectivity index (χ0n) is 10.2. The van der Waals surface area contributed by atoms with Crippen molar-refractivity contribution >= 4 is 0 Å². The van der Waals surface area contributed by atoms with Gasteiger partial charge in [0.25, 0.3) is 0 Å². The van der Waals surface area contributed by atoms with Crippen LogP contribution in [-0.2, 0) is 0 Å². The minimum atomic E-state index is 0.349. The highest BCUT2D eigenvalue weighted by atomic mass is 16.2. The van der Waals surface area contributed by atoms with Gasteiger partial charge < -0.3 is 15.3 Å². The van der Waals surface area contributed by atoms with Gasteiger partial charge in [-0.2, -0.15) is 0 Å². The Hall–Kier alpha value is -0.120. The Morgan fingerprint density at radius 3 is 2.27 bits per heavy atom. The molecule has 90 valence electrons. The first-order valence-electron chi connectivity index (χ1n) is 6.31. The first kappa shape index (κ1) is 12.9. The van der Waals surface area contributed by atoms with Crippen LogP contribution in [0.4, 0.5) is 0 Å². The van der Waals surface area contributed by atoms with Gasteiger partial charge in [-0.3, -0.25) is 0 Å². The molecule has 0 spiro atoms. The van der Waals surface area contributed by atoms with E-state index in [1.807, 2.05) is 0 Å². The molecule has 1 heterocycles. The molecule has 0 bridgehead atoms. The van der Waals surface area contributed by atoms with Crippen LogP contribution in [0.25, 0.3) is 0 Å². The minimum absolute atomic E-state index is 0.349. The van der Waals surface area contributed by atoms with Crippen molar-refractivity contribution in [3.05, 3.63) is 0 Å². The molecule has 0 amide bonds. The van der Waals surface area contributed by atoms with E-state index < -0.39 is 0 Å². The predicted molar refractivity (Wildman–Crippen MR) is 64.1 cm³/mol. The van der Waals surface area contributed by atoms with Crippen LogP contribution in [0.2, 0.25) is 0 Å². The summed E-state index contributed by atoms with van der Waals surface area (Å²) in [6, 6.07) is 1.26. The quantitative estimate of drug-likeness (QED) is 0.653. The molecule has 0 aromatic heterocycles. The number of aliphatic hydroxyl groups excluding tert-OH is 1. The molecule has 2 N–H and O–H groups in total. The van der Waals surface area contributed by atoms with Gasteiger partial charge in [-0.25, -0.2) is 0 Å². The van der Waals surface area contributed by atoms with E-state index in [0.29, 0.717) is 18.7 Å². The number of nitrogens with zero attached hydrogens (tertiary/aromatic N) is 1. The van der Waals surface area contributed by atoms with Gasteiger partial charge in [0.05, 0.1) is 0 Å². The highest BCUT2D eigenvalue weighted by Gasteiger charge is 2.19. The fourth-order valence-electron chi connectivity index (χ4n) is 2.42. The monoisotopic (exact) mass is 214 g/mol. The summed E-state index contributed by atoms with van der Waals surface area (Å²) in [6.45, 7) is 8.46. The minimum Gasteiger partial charge on any atom is -0.396 e. The SMILES string of the molecule is CC1CN(CCCCCCO)CC(C)N1. The largest absolute Gasteiger partial charge is 0.396 e. The lowest BCUT2D eigenvalue weighted by atomic mass is 10.1. The number of hydrogen-bond acceptors (Lipinski definition) is 3. The van der Waals surface area contributed by atoms with Gasteiger partial charge >= 0.3 is 0 Å². The van der Waals surface area contributed by atoms with Crippen molar-refractivity contribution in [1.82, 2.24) is 10.2 Å². The van der Waals surface area contributed by atoms with E-state index in [9.17, 15) is 0 Å². The molecule has 1 fully saturated rings. The molecule has 0 aromatic carbocycles. The average molecular weight is 214 g/mol. The maximum Gasteiger partial charge on any atom is 0.0431 e. The van der Waals surface area contributed by atoms with Crippen molar-refractivity contribution in [3.8, 4) is 0 Å². The number of hydrogen-bond donors (Lipinski definition) is 2. The van der Waals surface area contributed by atoms with Crippen LogP contribution in [0.5, 0.6) is 0 Å². The van der Waals surface area contributed by atoms with Crippen LogP contribution in [-0.4, -0.2) is 48.3 Å². The molecule has 0 saturated carbocycles. The number of piperazine rings is 1. The number of nitrogens with one attached hydrogen (secondary N) is 1. The lowest BCUT2D eigenvalue weighted by Crippen LogP contribution is -2.54. The van der Waals surface area contributed by atoms with E-state index in [2.05, 4.69) is 24.1 Å². The molecule has 3 nitrogen and oxygen atoms in total. The molecular formula is C12H26N2O. The Morgan fingerprint density at radius 2 is 1.67 bits per heavy atom. The lowest BCUT2D eigenvalue weighted by Gasteiger charge is -2.36. The van der Waals surface area contributed by atoms with E-state index in [4.69, 9.17) is 5.11 Å². The second-order valence-electron chi connectivity index (χ2n) is 4.87. The van der Waals surface area contributed by atoms with Crippen LogP contribution in [0.3, 0.4) is 0 Å². The van der Waals surface area contributed by atoms with E-state index >= 15 is 0 Å². The highest BCUT2D eigenvalue weighted by molar-refractivity contribution is 4.80. The third kappa shape index (κ3) is 5.50. The van der Waals surface area contributed by atoms with Crippen LogP contribution < -0.4 is 5.32 Å². The summed E-state index contributed by atoms with van der Waals surface area (Å²) < 4.78 is 0. The molecule has 1 saturated heterocycles. The molecule has 1 aliphatic heterocycles. The molecule has 15 heavy (non-hydrogen) atoms. The summed E-state index contributed by atoms with van der Waals surface area (Å²) in [5, 5.41) is 12.2. The summed E-state index contributed by atoms with van der Waals surface area (Å²) in [7, 11) is 0. The fourth-order valence-corrected chi connectivity index (χ4v) is 2.42. The normalized spacial score (nSPS) is 28.2. The van der Waals surface area contributed by atoms with Crippen molar-refractivity contribution in [2.75, 3.05) is 26.2 Å². The van der Waals surface area contributed by atoms with Gasteiger partial charge in [0.15, 0.2) is 0 Å². The molecular weight excluding hydrogens is 188 g/mol. The highest BCUT2D eigenvalue weighted by Crippen LogP contribution is 2.07. The Morgan fingerprint density at radius 1 is 1.07 bits per heavy atom. The Labute approximate surface area is 93.9 Å². The van der Waals surface area contributed by atoms with Gasteiger partial charge in [0.2, 0.25) is 0 Å². The maximum atomic E-state index is 8.67. The molecule has 2 atom stereocenters. The Kier molecular flexibility index (Phi) is 6.22.